The number of sulfone groups is 1. The minimum Gasteiger partial charge on any atom is -0.352 e. The molecular formula is C13H20N2O4S. The molecule has 2 saturated carbocycles. The van der Waals surface area contributed by atoms with Gasteiger partial charge in [0.05, 0.1) is 11.5 Å². The third kappa shape index (κ3) is 2.43. The Kier molecular flexibility index (Phi) is 3.08. The molecule has 112 valence electrons. The van der Waals surface area contributed by atoms with Crippen LogP contribution in [0.1, 0.15) is 32.1 Å². The summed E-state index contributed by atoms with van der Waals surface area (Å²) in [7, 11) is -1.40. The predicted octanol–water partition coefficient (Wildman–Crippen LogP) is -0.309. The van der Waals surface area contributed by atoms with Gasteiger partial charge in [-0.2, -0.15) is 0 Å². The number of hydrogen-bond donors (Lipinski definition) is 1. The van der Waals surface area contributed by atoms with Crippen LogP contribution in [0.25, 0.3) is 0 Å². The molecular weight excluding hydrogens is 280 g/mol. The summed E-state index contributed by atoms with van der Waals surface area (Å²) in [6, 6.07) is -0.0383. The third-order valence-corrected chi connectivity index (χ3v) is 6.33. The van der Waals surface area contributed by atoms with Gasteiger partial charge in [0.2, 0.25) is 11.8 Å². The van der Waals surface area contributed by atoms with E-state index in [9.17, 15) is 18.0 Å². The number of nitrogens with zero attached hydrogens (tertiary/aromatic N) is 1. The van der Waals surface area contributed by atoms with Crippen LogP contribution in [0.15, 0.2) is 0 Å². The molecule has 3 rings (SSSR count). The van der Waals surface area contributed by atoms with E-state index in [0.29, 0.717) is 19.3 Å². The van der Waals surface area contributed by atoms with Crippen LogP contribution in [0, 0.1) is 5.41 Å². The summed E-state index contributed by atoms with van der Waals surface area (Å²) in [5.41, 5.74) is -0.913. The molecule has 2 amide bonds. The molecule has 1 atom stereocenters. The van der Waals surface area contributed by atoms with E-state index in [1.54, 1.807) is 7.05 Å². The summed E-state index contributed by atoms with van der Waals surface area (Å²) < 4.78 is 23.0. The Bertz CT molecular complexity index is 549. The van der Waals surface area contributed by atoms with Crippen molar-refractivity contribution in [3.8, 4) is 0 Å². The molecule has 20 heavy (non-hydrogen) atoms. The first-order valence-corrected chi connectivity index (χ1v) is 8.95. The zero-order valence-electron chi connectivity index (χ0n) is 11.6. The van der Waals surface area contributed by atoms with Crippen LogP contribution in [0.4, 0.5) is 0 Å². The molecule has 7 heteroatoms. The second-order valence-corrected chi connectivity index (χ2v) is 8.53. The molecule has 0 spiro atoms. The van der Waals surface area contributed by atoms with Crippen LogP contribution in [0.2, 0.25) is 0 Å². The summed E-state index contributed by atoms with van der Waals surface area (Å²) >= 11 is 0. The molecule has 0 aromatic heterocycles. The van der Waals surface area contributed by atoms with Gasteiger partial charge in [-0.15, -0.1) is 0 Å². The van der Waals surface area contributed by atoms with Crippen LogP contribution in [-0.2, 0) is 19.4 Å². The first kappa shape index (κ1) is 13.9. The minimum absolute atomic E-state index is 0.0234. The molecule has 1 N–H and O–H groups in total. The average Bonchev–Trinajstić information content (AvgIpc) is 3.27. The van der Waals surface area contributed by atoms with Crippen molar-refractivity contribution in [1.29, 1.82) is 0 Å². The number of nitrogens with one attached hydrogen (secondary N) is 1. The minimum atomic E-state index is -3.02. The molecule has 1 saturated heterocycles. The Hall–Kier alpha value is -1.11. The van der Waals surface area contributed by atoms with Crippen molar-refractivity contribution in [2.45, 2.75) is 44.2 Å². The highest BCUT2D eigenvalue weighted by atomic mass is 32.2. The molecule has 1 heterocycles. The van der Waals surface area contributed by atoms with Crippen LogP contribution in [0.5, 0.6) is 0 Å². The fourth-order valence-electron chi connectivity index (χ4n) is 2.80. The van der Waals surface area contributed by atoms with Crippen LogP contribution >= 0.6 is 0 Å². The Balaban J connectivity index is 1.67. The lowest BCUT2D eigenvalue weighted by molar-refractivity contribution is -0.144. The highest BCUT2D eigenvalue weighted by Gasteiger charge is 2.59. The second kappa shape index (κ2) is 4.44. The highest BCUT2D eigenvalue weighted by molar-refractivity contribution is 7.91. The Morgan fingerprint density at radius 1 is 1.20 bits per heavy atom. The summed E-state index contributed by atoms with van der Waals surface area (Å²) in [5, 5.41) is 2.89. The summed E-state index contributed by atoms with van der Waals surface area (Å²) in [6.45, 7) is 0. The topological polar surface area (TPSA) is 83.6 Å². The molecule has 0 bridgehead atoms. The van der Waals surface area contributed by atoms with Crippen molar-refractivity contribution in [3.05, 3.63) is 0 Å². The fourth-order valence-corrected chi connectivity index (χ4v) is 4.57. The SMILES string of the molecule is CN(C(=O)C1(C(=O)NC2CC2)CC1)C1CCS(=O)(=O)C1. The van der Waals surface area contributed by atoms with Gasteiger partial charge in [-0.05, 0) is 32.1 Å². The van der Waals surface area contributed by atoms with Crippen molar-refractivity contribution in [2.24, 2.45) is 5.41 Å². The lowest BCUT2D eigenvalue weighted by Gasteiger charge is -2.27. The molecule has 3 aliphatic rings. The maximum atomic E-state index is 12.5. The zero-order chi connectivity index (χ0) is 14.5. The maximum Gasteiger partial charge on any atom is 0.238 e. The number of rotatable bonds is 4. The Morgan fingerprint density at radius 3 is 2.30 bits per heavy atom. The fraction of sp³-hybridized carbons (Fsp3) is 0.846. The van der Waals surface area contributed by atoms with Gasteiger partial charge in [-0.3, -0.25) is 9.59 Å². The molecule has 0 aromatic rings. The smallest absolute Gasteiger partial charge is 0.238 e. The van der Waals surface area contributed by atoms with Gasteiger partial charge in [0.15, 0.2) is 9.84 Å². The van der Waals surface area contributed by atoms with Gasteiger partial charge in [0.25, 0.3) is 0 Å². The monoisotopic (exact) mass is 300 g/mol. The van der Waals surface area contributed by atoms with Crippen molar-refractivity contribution >= 4 is 21.7 Å². The van der Waals surface area contributed by atoms with Gasteiger partial charge in [0, 0.05) is 19.1 Å². The lowest BCUT2D eigenvalue weighted by Crippen LogP contribution is -2.48. The largest absolute Gasteiger partial charge is 0.352 e. The van der Waals surface area contributed by atoms with E-state index in [-0.39, 0.29) is 35.4 Å². The predicted molar refractivity (Wildman–Crippen MR) is 72.7 cm³/mol. The maximum absolute atomic E-state index is 12.5. The highest BCUT2D eigenvalue weighted by Crippen LogP contribution is 2.48. The Morgan fingerprint density at radius 2 is 1.85 bits per heavy atom. The van der Waals surface area contributed by atoms with Crippen LogP contribution < -0.4 is 5.32 Å². The molecule has 1 unspecified atom stereocenters. The van der Waals surface area contributed by atoms with E-state index >= 15 is 0 Å². The number of carbonyl (C=O) groups excluding carboxylic acids is 2. The second-order valence-electron chi connectivity index (χ2n) is 6.30. The summed E-state index contributed by atoms with van der Waals surface area (Å²) in [4.78, 5) is 26.2. The zero-order valence-corrected chi connectivity index (χ0v) is 12.4. The number of carbonyl (C=O) groups is 2. The quantitative estimate of drug-likeness (QED) is 0.722. The summed E-state index contributed by atoms with van der Waals surface area (Å²) in [5.74, 6) is -0.220. The molecule has 0 radical (unpaired) electrons. The van der Waals surface area contributed by atoms with Gasteiger partial charge < -0.3 is 10.2 Å². The third-order valence-electron chi connectivity index (χ3n) is 4.58. The van der Waals surface area contributed by atoms with Gasteiger partial charge in [-0.25, -0.2) is 8.42 Å². The first-order valence-electron chi connectivity index (χ1n) is 7.13. The van der Waals surface area contributed by atoms with Crippen LogP contribution in [0.3, 0.4) is 0 Å². The van der Waals surface area contributed by atoms with E-state index in [0.717, 1.165) is 12.8 Å². The van der Waals surface area contributed by atoms with Crippen molar-refractivity contribution < 1.29 is 18.0 Å². The standard InChI is InChI=1S/C13H20N2O4S/c1-15(10-4-7-20(18,19)8-10)12(17)13(5-6-13)11(16)14-9-2-3-9/h9-10H,2-8H2,1H3,(H,14,16). The molecule has 2 aliphatic carbocycles. The van der Waals surface area contributed by atoms with E-state index in [1.165, 1.54) is 4.90 Å². The van der Waals surface area contributed by atoms with Crippen molar-refractivity contribution in [2.75, 3.05) is 18.6 Å². The van der Waals surface area contributed by atoms with E-state index in [2.05, 4.69) is 5.32 Å². The summed E-state index contributed by atoms with van der Waals surface area (Å²) in [6.07, 6.45) is 3.62. The average molecular weight is 300 g/mol. The normalized spacial score (nSPS) is 29.8. The number of amides is 2. The lowest BCUT2D eigenvalue weighted by atomic mass is 10.0. The first-order chi connectivity index (χ1) is 9.34. The van der Waals surface area contributed by atoms with Crippen LogP contribution in [-0.4, -0.2) is 55.8 Å². The van der Waals surface area contributed by atoms with E-state index in [4.69, 9.17) is 0 Å². The van der Waals surface area contributed by atoms with E-state index < -0.39 is 15.3 Å². The van der Waals surface area contributed by atoms with Crippen molar-refractivity contribution in [3.63, 3.8) is 0 Å². The number of hydrogen-bond acceptors (Lipinski definition) is 4. The molecule has 1 aliphatic heterocycles. The molecule has 0 aromatic carbocycles. The Labute approximate surface area is 118 Å². The van der Waals surface area contributed by atoms with Crippen molar-refractivity contribution in [1.82, 2.24) is 10.2 Å². The van der Waals surface area contributed by atoms with Gasteiger partial charge >= 0.3 is 0 Å². The van der Waals surface area contributed by atoms with Gasteiger partial charge in [-0.1, -0.05) is 0 Å². The molecule has 6 nitrogen and oxygen atoms in total. The molecule has 3 fully saturated rings. The van der Waals surface area contributed by atoms with E-state index in [1.807, 2.05) is 0 Å². The van der Waals surface area contributed by atoms with Gasteiger partial charge in [0.1, 0.15) is 5.41 Å².